The van der Waals surface area contributed by atoms with Gasteiger partial charge in [-0.3, -0.25) is 10.1 Å². The predicted molar refractivity (Wildman–Crippen MR) is 136 cm³/mol. The molecule has 0 saturated heterocycles. The van der Waals surface area contributed by atoms with E-state index >= 15 is 0 Å². The molecule has 34 heavy (non-hydrogen) atoms. The first-order chi connectivity index (χ1) is 16.3. The van der Waals surface area contributed by atoms with Crippen molar-refractivity contribution in [2.75, 3.05) is 37.8 Å². The van der Waals surface area contributed by atoms with Gasteiger partial charge in [-0.1, -0.05) is 36.4 Å². The number of nitrogens with zero attached hydrogens (tertiary/aromatic N) is 2. The number of likely N-dealkylation sites (N-methyl/N-ethyl adjacent to an activating group) is 1. The highest BCUT2D eigenvalue weighted by molar-refractivity contribution is 6.15. The van der Waals surface area contributed by atoms with E-state index in [0.717, 1.165) is 39.8 Å². The summed E-state index contributed by atoms with van der Waals surface area (Å²) in [6.07, 6.45) is -1.13. The summed E-state index contributed by atoms with van der Waals surface area (Å²) in [6, 6.07) is 18.6. The summed E-state index contributed by atoms with van der Waals surface area (Å²) in [5.41, 5.74) is 4.82. The molecule has 8 heteroatoms. The van der Waals surface area contributed by atoms with E-state index in [1.165, 1.54) is 0 Å². The van der Waals surface area contributed by atoms with Crippen LogP contribution in [-0.4, -0.2) is 54.2 Å². The lowest BCUT2D eigenvalue weighted by atomic mass is 10.0. The number of pyridine rings is 1. The summed E-state index contributed by atoms with van der Waals surface area (Å²) in [5.74, 6) is -0.176. The number of carboxylic acid groups (broad SMARTS) is 1. The molecule has 0 aliphatic rings. The Morgan fingerprint density at radius 2 is 1.76 bits per heavy atom. The molecular formula is C26H27N5O3. The summed E-state index contributed by atoms with van der Waals surface area (Å²) in [7, 11) is 3.91. The topological polar surface area (TPSA) is 107 Å². The van der Waals surface area contributed by atoms with Gasteiger partial charge in [0.25, 0.3) is 5.91 Å². The van der Waals surface area contributed by atoms with Gasteiger partial charge in [0.2, 0.25) is 0 Å². The molecule has 0 atom stereocenters. The molecule has 0 aliphatic heterocycles. The zero-order valence-electron chi connectivity index (χ0n) is 19.3. The molecule has 0 aliphatic carbocycles. The van der Waals surface area contributed by atoms with Crippen molar-refractivity contribution in [3.05, 3.63) is 71.8 Å². The van der Waals surface area contributed by atoms with Gasteiger partial charge in [-0.15, -0.1) is 0 Å². The van der Waals surface area contributed by atoms with E-state index in [1.54, 1.807) is 18.2 Å². The molecule has 0 radical (unpaired) electrons. The summed E-state index contributed by atoms with van der Waals surface area (Å²) < 4.78 is 0. The molecule has 0 spiro atoms. The van der Waals surface area contributed by atoms with Crippen LogP contribution in [0.25, 0.3) is 21.8 Å². The van der Waals surface area contributed by atoms with Gasteiger partial charge < -0.3 is 20.6 Å². The number of anilines is 3. The Hall–Kier alpha value is -4.17. The van der Waals surface area contributed by atoms with Crippen molar-refractivity contribution >= 4 is 50.9 Å². The molecule has 8 nitrogen and oxygen atoms in total. The van der Waals surface area contributed by atoms with E-state index in [-0.39, 0.29) is 5.91 Å². The van der Waals surface area contributed by atoms with Gasteiger partial charge >= 0.3 is 6.09 Å². The first-order valence-electron chi connectivity index (χ1n) is 11.0. The molecule has 4 rings (SSSR count). The maximum absolute atomic E-state index is 13.0. The first-order valence-corrected chi connectivity index (χ1v) is 11.0. The fraction of sp³-hybridized carbons (Fsp3) is 0.192. The van der Waals surface area contributed by atoms with Crippen molar-refractivity contribution in [3.8, 4) is 0 Å². The second kappa shape index (κ2) is 9.76. The zero-order valence-corrected chi connectivity index (χ0v) is 19.3. The summed E-state index contributed by atoms with van der Waals surface area (Å²) in [6.45, 7) is 3.21. The molecule has 174 valence electrons. The lowest BCUT2D eigenvalue weighted by Gasteiger charge is -2.17. The SMILES string of the molecule is Cc1ccc(NC(=O)O)cc1Nc1c2ccccc2nc2c(C(=O)NCCN(C)C)cccc12. The van der Waals surface area contributed by atoms with Crippen LogP contribution in [0, 0.1) is 6.92 Å². The summed E-state index contributed by atoms with van der Waals surface area (Å²) >= 11 is 0. The van der Waals surface area contributed by atoms with Gasteiger partial charge in [0.05, 0.1) is 22.3 Å². The van der Waals surface area contributed by atoms with Crippen LogP contribution in [0.2, 0.25) is 0 Å². The third-order valence-electron chi connectivity index (χ3n) is 5.55. The maximum Gasteiger partial charge on any atom is 0.409 e. The lowest BCUT2D eigenvalue weighted by molar-refractivity contribution is 0.0952. The Morgan fingerprint density at radius 3 is 2.53 bits per heavy atom. The summed E-state index contributed by atoms with van der Waals surface area (Å²) in [4.78, 5) is 30.9. The predicted octanol–water partition coefficient (Wildman–Crippen LogP) is 4.82. The highest BCUT2D eigenvalue weighted by Gasteiger charge is 2.17. The first kappa shape index (κ1) is 23.0. The van der Waals surface area contributed by atoms with Crippen molar-refractivity contribution in [2.24, 2.45) is 0 Å². The van der Waals surface area contributed by atoms with Gasteiger partial charge in [-0.25, -0.2) is 9.78 Å². The minimum Gasteiger partial charge on any atom is -0.465 e. The number of rotatable bonds is 7. The zero-order chi connectivity index (χ0) is 24.2. The van der Waals surface area contributed by atoms with Crippen LogP contribution >= 0.6 is 0 Å². The van der Waals surface area contributed by atoms with E-state index in [1.807, 2.05) is 68.4 Å². The average Bonchev–Trinajstić information content (AvgIpc) is 2.80. The van der Waals surface area contributed by atoms with Crippen LogP contribution in [-0.2, 0) is 0 Å². The minimum absolute atomic E-state index is 0.176. The number of hydrogen-bond acceptors (Lipinski definition) is 5. The Labute approximate surface area is 197 Å². The van der Waals surface area contributed by atoms with E-state index < -0.39 is 6.09 Å². The van der Waals surface area contributed by atoms with E-state index in [9.17, 15) is 9.59 Å². The average molecular weight is 458 g/mol. The van der Waals surface area contributed by atoms with Gasteiger partial charge in [0, 0.05) is 35.2 Å². The van der Waals surface area contributed by atoms with Crippen molar-refractivity contribution < 1.29 is 14.7 Å². The number of aryl methyl sites for hydroxylation is 1. The largest absolute Gasteiger partial charge is 0.465 e. The Bertz CT molecular complexity index is 1380. The maximum atomic E-state index is 13.0. The lowest BCUT2D eigenvalue weighted by Crippen LogP contribution is -2.31. The molecule has 1 heterocycles. The van der Waals surface area contributed by atoms with Gasteiger partial charge in [0.15, 0.2) is 0 Å². The molecule has 0 fully saturated rings. The van der Waals surface area contributed by atoms with Crippen LogP contribution in [0.15, 0.2) is 60.7 Å². The Morgan fingerprint density at radius 1 is 1.00 bits per heavy atom. The molecular weight excluding hydrogens is 430 g/mol. The fourth-order valence-corrected chi connectivity index (χ4v) is 3.81. The third-order valence-corrected chi connectivity index (χ3v) is 5.55. The Balaban J connectivity index is 1.83. The Kier molecular flexibility index (Phi) is 6.60. The number of fused-ring (bicyclic) bond motifs is 2. The number of hydrogen-bond donors (Lipinski definition) is 4. The van der Waals surface area contributed by atoms with E-state index in [0.29, 0.717) is 23.3 Å². The highest BCUT2D eigenvalue weighted by Crippen LogP contribution is 2.35. The van der Waals surface area contributed by atoms with Crippen LogP contribution in [0.5, 0.6) is 0 Å². The van der Waals surface area contributed by atoms with Gasteiger partial charge in [0.1, 0.15) is 0 Å². The number of amides is 2. The number of para-hydroxylation sites is 2. The number of aromatic nitrogens is 1. The van der Waals surface area contributed by atoms with Crippen LogP contribution in [0.1, 0.15) is 15.9 Å². The third kappa shape index (κ3) is 4.92. The second-order valence-corrected chi connectivity index (χ2v) is 8.35. The number of carbonyl (C=O) groups is 2. The van der Waals surface area contributed by atoms with Crippen LogP contribution in [0.3, 0.4) is 0 Å². The molecule has 0 unspecified atom stereocenters. The number of carbonyl (C=O) groups excluding carboxylic acids is 1. The standard InChI is InChI=1S/C26H27N5O3/c1-16-11-12-17(28-26(33)34)15-22(16)30-23-18-7-4-5-10-21(18)29-24-19(23)8-6-9-20(24)25(32)27-13-14-31(2)3/h4-12,15,28H,13-14H2,1-3H3,(H,27,32)(H,29,30)(H,33,34). The fourth-order valence-electron chi connectivity index (χ4n) is 3.81. The number of benzene rings is 3. The van der Waals surface area contributed by atoms with Gasteiger partial charge in [-0.2, -0.15) is 0 Å². The van der Waals surface area contributed by atoms with Crippen LogP contribution < -0.4 is 16.0 Å². The minimum atomic E-state index is -1.13. The summed E-state index contributed by atoms with van der Waals surface area (Å²) in [5, 5.41) is 19.6. The van der Waals surface area contributed by atoms with Crippen molar-refractivity contribution in [2.45, 2.75) is 6.92 Å². The van der Waals surface area contributed by atoms with Crippen molar-refractivity contribution in [1.29, 1.82) is 0 Å². The molecule has 4 N–H and O–H groups in total. The van der Waals surface area contributed by atoms with Crippen molar-refractivity contribution in [1.82, 2.24) is 15.2 Å². The molecule has 1 aromatic heterocycles. The number of nitrogens with one attached hydrogen (secondary N) is 3. The molecule has 0 saturated carbocycles. The van der Waals surface area contributed by atoms with Crippen LogP contribution in [0.4, 0.5) is 21.9 Å². The smallest absolute Gasteiger partial charge is 0.409 e. The highest BCUT2D eigenvalue weighted by atomic mass is 16.4. The molecule has 2 amide bonds. The van der Waals surface area contributed by atoms with E-state index in [2.05, 4.69) is 16.0 Å². The molecule has 3 aromatic carbocycles. The normalized spacial score (nSPS) is 11.1. The van der Waals surface area contributed by atoms with E-state index in [4.69, 9.17) is 10.1 Å². The van der Waals surface area contributed by atoms with Gasteiger partial charge in [-0.05, 0) is 50.8 Å². The van der Waals surface area contributed by atoms with Crippen molar-refractivity contribution in [3.63, 3.8) is 0 Å². The molecule has 0 bridgehead atoms. The second-order valence-electron chi connectivity index (χ2n) is 8.35. The monoisotopic (exact) mass is 457 g/mol. The molecule has 4 aromatic rings. The quantitative estimate of drug-likeness (QED) is 0.297.